The summed E-state index contributed by atoms with van der Waals surface area (Å²) in [6.45, 7) is 2.30. The minimum Gasteiger partial charge on any atom is -0.399 e. The van der Waals surface area contributed by atoms with E-state index in [2.05, 4.69) is 28.2 Å². The fourth-order valence-corrected chi connectivity index (χ4v) is 3.36. The lowest BCUT2D eigenvalue weighted by molar-refractivity contribution is -0.124. The van der Waals surface area contributed by atoms with E-state index < -0.39 is 0 Å². The smallest absolute Gasteiger partial charge is 0.250 e. The molecule has 1 saturated carbocycles. The summed E-state index contributed by atoms with van der Waals surface area (Å²) in [6, 6.07) is 5.31. The van der Waals surface area contributed by atoms with Gasteiger partial charge in [-0.05, 0) is 52.9 Å². The average Bonchev–Trinajstić information content (AvgIpc) is 2.48. The number of hydrogen-bond donors (Lipinski definition) is 2. The van der Waals surface area contributed by atoms with Gasteiger partial charge in [-0.1, -0.05) is 26.2 Å². The summed E-state index contributed by atoms with van der Waals surface area (Å²) in [7, 11) is 0. The third-order valence-electron chi connectivity index (χ3n) is 4.06. The van der Waals surface area contributed by atoms with Crippen LogP contribution in [0.25, 0.3) is 0 Å². The minimum absolute atomic E-state index is 0.109. The van der Waals surface area contributed by atoms with Gasteiger partial charge in [0, 0.05) is 10.2 Å². The third kappa shape index (κ3) is 4.71. The molecule has 1 aromatic carbocycles. The topological polar surface area (TPSA) is 64.3 Å². The van der Waals surface area contributed by atoms with Crippen LogP contribution in [0.1, 0.15) is 39.0 Å². The quantitative estimate of drug-likeness (QED) is 0.786. The van der Waals surface area contributed by atoms with Gasteiger partial charge in [0.05, 0.1) is 11.8 Å². The number of anilines is 2. The number of halogens is 1. The molecule has 1 aromatic rings. The second kappa shape index (κ2) is 7.80. The van der Waals surface area contributed by atoms with Gasteiger partial charge in [-0.2, -0.15) is 0 Å². The van der Waals surface area contributed by atoms with E-state index in [1.54, 1.807) is 18.2 Å². The summed E-state index contributed by atoms with van der Waals surface area (Å²) in [6.07, 6.45) is 6.11. The van der Waals surface area contributed by atoms with Crippen molar-refractivity contribution in [3.63, 3.8) is 0 Å². The minimum atomic E-state index is -0.124. The summed E-state index contributed by atoms with van der Waals surface area (Å²) in [5, 5.41) is 2.84. The van der Waals surface area contributed by atoms with E-state index in [4.69, 9.17) is 10.5 Å². The lowest BCUT2D eigenvalue weighted by atomic mass is 9.85. The van der Waals surface area contributed by atoms with Crippen LogP contribution in [-0.2, 0) is 9.53 Å². The van der Waals surface area contributed by atoms with Crippen LogP contribution in [0.15, 0.2) is 22.7 Å². The summed E-state index contributed by atoms with van der Waals surface area (Å²) >= 11 is 3.39. The first-order chi connectivity index (χ1) is 10.1. The Balaban J connectivity index is 1.84. The average molecular weight is 355 g/mol. The van der Waals surface area contributed by atoms with Crippen LogP contribution in [0.4, 0.5) is 11.4 Å². The molecule has 0 aliphatic heterocycles. The predicted molar refractivity (Wildman–Crippen MR) is 89.2 cm³/mol. The number of ether oxygens (including phenoxy) is 1. The zero-order valence-corrected chi connectivity index (χ0v) is 14.0. The van der Waals surface area contributed by atoms with Gasteiger partial charge in [0.1, 0.15) is 6.61 Å². The fraction of sp³-hybridized carbons (Fsp3) is 0.562. The summed E-state index contributed by atoms with van der Waals surface area (Å²) in [4.78, 5) is 12.0. The first-order valence-electron chi connectivity index (χ1n) is 7.56. The number of rotatable bonds is 5. The molecule has 2 unspecified atom stereocenters. The highest BCUT2D eigenvalue weighted by molar-refractivity contribution is 9.10. The van der Waals surface area contributed by atoms with Gasteiger partial charge in [0.25, 0.3) is 0 Å². The van der Waals surface area contributed by atoms with Gasteiger partial charge < -0.3 is 15.8 Å². The van der Waals surface area contributed by atoms with Crippen molar-refractivity contribution in [2.45, 2.75) is 45.1 Å². The molecule has 0 aromatic heterocycles. The Labute approximate surface area is 134 Å². The van der Waals surface area contributed by atoms with E-state index >= 15 is 0 Å². The second-order valence-electron chi connectivity index (χ2n) is 5.59. The predicted octanol–water partition coefficient (Wildman–Crippen LogP) is 3.96. The molecule has 0 bridgehead atoms. The van der Waals surface area contributed by atoms with Crippen molar-refractivity contribution >= 4 is 33.2 Å². The molecular formula is C16H23BrN2O2. The molecule has 5 heteroatoms. The second-order valence-corrected chi connectivity index (χ2v) is 6.44. The monoisotopic (exact) mass is 354 g/mol. The molecule has 2 atom stereocenters. The number of benzene rings is 1. The maximum absolute atomic E-state index is 12.0. The highest BCUT2D eigenvalue weighted by atomic mass is 79.9. The molecule has 4 nitrogen and oxygen atoms in total. The highest BCUT2D eigenvalue weighted by Crippen LogP contribution is 2.29. The maximum Gasteiger partial charge on any atom is 0.250 e. The van der Waals surface area contributed by atoms with Crippen LogP contribution in [0, 0.1) is 5.92 Å². The van der Waals surface area contributed by atoms with Crippen LogP contribution < -0.4 is 11.1 Å². The molecular weight excluding hydrogens is 332 g/mol. The molecule has 1 aliphatic carbocycles. The number of nitrogens with one attached hydrogen (secondary N) is 1. The molecule has 0 heterocycles. The maximum atomic E-state index is 12.0. The van der Waals surface area contributed by atoms with Gasteiger partial charge in [-0.25, -0.2) is 0 Å². The molecule has 0 spiro atoms. The SMILES string of the molecule is CCC1CCCCC1OCC(=O)Nc1ccc(N)cc1Br. The lowest BCUT2D eigenvalue weighted by Gasteiger charge is -2.30. The normalized spacial score (nSPS) is 22.0. The van der Waals surface area contributed by atoms with E-state index in [0.29, 0.717) is 17.3 Å². The van der Waals surface area contributed by atoms with Crippen LogP contribution in [0.2, 0.25) is 0 Å². The molecule has 3 N–H and O–H groups in total. The van der Waals surface area contributed by atoms with Crippen molar-refractivity contribution in [1.29, 1.82) is 0 Å². The number of amides is 1. The Kier molecular flexibility index (Phi) is 6.06. The number of hydrogen-bond acceptors (Lipinski definition) is 3. The number of nitrogens with two attached hydrogens (primary N) is 1. The van der Waals surface area contributed by atoms with E-state index in [1.165, 1.54) is 19.3 Å². The van der Waals surface area contributed by atoms with E-state index in [9.17, 15) is 4.79 Å². The Morgan fingerprint density at radius 2 is 2.19 bits per heavy atom. The Morgan fingerprint density at radius 1 is 1.43 bits per heavy atom. The molecule has 1 fully saturated rings. The zero-order valence-electron chi connectivity index (χ0n) is 12.4. The van der Waals surface area contributed by atoms with Gasteiger partial charge in [0.2, 0.25) is 5.91 Å². The Hall–Kier alpha value is -1.07. The number of carbonyl (C=O) groups excluding carboxylic acids is 1. The Morgan fingerprint density at radius 3 is 2.90 bits per heavy atom. The molecule has 1 aliphatic rings. The van der Waals surface area contributed by atoms with E-state index in [1.807, 2.05) is 0 Å². The molecule has 2 rings (SSSR count). The summed E-state index contributed by atoms with van der Waals surface area (Å²) < 4.78 is 6.61. The van der Waals surface area contributed by atoms with Crippen molar-refractivity contribution < 1.29 is 9.53 Å². The molecule has 0 saturated heterocycles. The van der Waals surface area contributed by atoms with Crippen molar-refractivity contribution in [3.05, 3.63) is 22.7 Å². The van der Waals surface area contributed by atoms with E-state index in [-0.39, 0.29) is 18.6 Å². The van der Waals surface area contributed by atoms with Gasteiger partial charge in [-0.15, -0.1) is 0 Å². The summed E-state index contributed by atoms with van der Waals surface area (Å²) in [5.74, 6) is 0.468. The molecule has 21 heavy (non-hydrogen) atoms. The van der Waals surface area contributed by atoms with Gasteiger partial charge in [-0.3, -0.25) is 4.79 Å². The summed E-state index contributed by atoms with van der Waals surface area (Å²) in [5.41, 5.74) is 7.05. The molecule has 1 amide bonds. The van der Waals surface area contributed by atoms with Crippen LogP contribution in [0.5, 0.6) is 0 Å². The third-order valence-corrected chi connectivity index (χ3v) is 4.72. The fourth-order valence-electron chi connectivity index (χ4n) is 2.86. The first kappa shape index (κ1) is 16.3. The number of nitrogen functional groups attached to an aromatic ring is 1. The van der Waals surface area contributed by atoms with Crippen molar-refractivity contribution in [1.82, 2.24) is 0 Å². The van der Waals surface area contributed by atoms with Gasteiger partial charge >= 0.3 is 0 Å². The first-order valence-corrected chi connectivity index (χ1v) is 8.36. The standard InChI is InChI=1S/C16H23BrN2O2/c1-2-11-5-3-4-6-15(11)21-10-16(20)19-14-8-7-12(18)9-13(14)17/h7-9,11,15H,2-6,10,18H2,1H3,(H,19,20). The van der Waals surface area contributed by atoms with Crippen LogP contribution in [0.3, 0.4) is 0 Å². The molecule has 116 valence electrons. The number of carbonyl (C=O) groups is 1. The van der Waals surface area contributed by atoms with Crippen molar-refractivity contribution in [2.75, 3.05) is 17.7 Å². The molecule has 0 radical (unpaired) electrons. The van der Waals surface area contributed by atoms with Gasteiger partial charge in [0.15, 0.2) is 0 Å². The van der Waals surface area contributed by atoms with Crippen molar-refractivity contribution in [3.8, 4) is 0 Å². The highest BCUT2D eigenvalue weighted by Gasteiger charge is 2.24. The van der Waals surface area contributed by atoms with Crippen LogP contribution >= 0.6 is 15.9 Å². The van der Waals surface area contributed by atoms with Crippen LogP contribution in [-0.4, -0.2) is 18.6 Å². The Bertz CT molecular complexity index is 493. The zero-order chi connectivity index (χ0) is 15.2. The lowest BCUT2D eigenvalue weighted by Crippen LogP contribution is -2.31. The largest absolute Gasteiger partial charge is 0.399 e. The van der Waals surface area contributed by atoms with E-state index in [0.717, 1.165) is 17.3 Å². The van der Waals surface area contributed by atoms with Crippen molar-refractivity contribution in [2.24, 2.45) is 5.92 Å².